The van der Waals surface area contributed by atoms with Gasteiger partial charge in [0.2, 0.25) is 0 Å². The number of para-hydroxylation sites is 1. The van der Waals surface area contributed by atoms with Gasteiger partial charge in [-0.2, -0.15) is 0 Å². The molecule has 0 heterocycles. The van der Waals surface area contributed by atoms with Crippen molar-refractivity contribution in [2.45, 2.75) is 6.36 Å². The fraction of sp³-hybridized carbons (Fsp3) is 0.167. The third kappa shape index (κ3) is 7.40. The first-order valence-electron chi connectivity index (χ1n) is 7.97. The van der Waals surface area contributed by atoms with E-state index in [0.29, 0.717) is 0 Å². The minimum atomic E-state index is -4.82. The Hall–Kier alpha value is -3.76. The number of esters is 1. The van der Waals surface area contributed by atoms with Gasteiger partial charge in [0, 0.05) is 5.69 Å². The largest absolute Gasteiger partial charge is 0.573 e. The van der Waals surface area contributed by atoms with Gasteiger partial charge < -0.3 is 25.3 Å². The van der Waals surface area contributed by atoms with Gasteiger partial charge in [-0.1, -0.05) is 12.1 Å². The Labute approximate surface area is 162 Å². The molecule has 0 radical (unpaired) electrons. The van der Waals surface area contributed by atoms with E-state index in [2.05, 4.69) is 10.1 Å². The van der Waals surface area contributed by atoms with Crippen LogP contribution in [0, 0.1) is 0 Å². The lowest BCUT2D eigenvalue weighted by Gasteiger charge is -2.11. The molecular formula is C18H15F3N2O6. The summed E-state index contributed by atoms with van der Waals surface area (Å²) in [5, 5.41) is 2.35. The number of rotatable bonds is 8. The predicted octanol–water partition coefficient (Wildman–Crippen LogP) is 2.24. The topological polar surface area (TPSA) is 117 Å². The lowest BCUT2D eigenvalue weighted by Crippen LogP contribution is -2.23. The maximum absolute atomic E-state index is 12.1. The van der Waals surface area contributed by atoms with E-state index in [9.17, 15) is 27.6 Å². The van der Waals surface area contributed by atoms with Crippen LogP contribution in [0.5, 0.6) is 11.5 Å². The number of hydrogen-bond donors (Lipinski definition) is 2. The molecule has 0 aromatic heterocycles. The van der Waals surface area contributed by atoms with Gasteiger partial charge in [0.15, 0.2) is 13.2 Å². The van der Waals surface area contributed by atoms with Crippen molar-refractivity contribution in [3.8, 4) is 11.5 Å². The van der Waals surface area contributed by atoms with E-state index >= 15 is 0 Å². The molecule has 0 saturated carbocycles. The highest BCUT2D eigenvalue weighted by molar-refractivity contribution is 5.96. The number of hydrogen-bond acceptors (Lipinski definition) is 6. The van der Waals surface area contributed by atoms with E-state index in [-0.39, 0.29) is 17.0 Å². The number of anilines is 1. The average molecular weight is 412 g/mol. The molecule has 0 bridgehead atoms. The molecule has 0 aliphatic rings. The second-order valence-corrected chi connectivity index (χ2v) is 5.45. The summed E-state index contributed by atoms with van der Waals surface area (Å²) in [4.78, 5) is 34.8. The van der Waals surface area contributed by atoms with Crippen LogP contribution in [0.3, 0.4) is 0 Å². The second-order valence-electron chi connectivity index (χ2n) is 5.45. The van der Waals surface area contributed by atoms with E-state index < -0.39 is 43.1 Å². The van der Waals surface area contributed by atoms with Crippen LogP contribution in [0.1, 0.15) is 10.4 Å². The number of alkyl halides is 3. The van der Waals surface area contributed by atoms with Crippen molar-refractivity contribution in [2.24, 2.45) is 5.73 Å². The number of nitrogens with one attached hydrogen (secondary N) is 1. The fourth-order valence-electron chi connectivity index (χ4n) is 2.06. The zero-order chi connectivity index (χ0) is 21.4. The zero-order valence-electron chi connectivity index (χ0n) is 14.7. The molecule has 2 aromatic rings. The molecule has 0 saturated heterocycles. The Morgan fingerprint density at radius 1 is 0.966 bits per heavy atom. The van der Waals surface area contributed by atoms with E-state index in [1.54, 1.807) is 6.07 Å². The first-order chi connectivity index (χ1) is 13.6. The molecule has 3 N–H and O–H groups in total. The van der Waals surface area contributed by atoms with Gasteiger partial charge in [0.25, 0.3) is 11.8 Å². The number of primary amides is 1. The number of benzene rings is 2. The molecule has 11 heteroatoms. The Balaban J connectivity index is 1.89. The predicted molar refractivity (Wildman–Crippen MR) is 93.2 cm³/mol. The maximum atomic E-state index is 12.1. The number of nitrogens with two attached hydrogens (primary N) is 1. The molecule has 2 amide bonds. The Bertz CT molecular complexity index is 884. The van der Waals surface area contributed by atoms with Gasteiger partial charge in [-0.25, -0.2) is 4.79 Å². The van der Waals surface area contributed by atoms with Crippen LogP contribution in [-0.4, -0.2) is 37.4 Å². The van der Waals surface area contributed by atoms with Crippen molar-refractivity contribution in [1.82, 2.24) is 0 Å². The zero-order valence-corrected chi connectivity index (χ0v) is 14.7. The fourth-order valence-corrected chi connectivity index (χ4v) is 2.06. The van der Waals surface area contributed by atoms with Crippen LogP contribution in [0.2, 0.25) is 0 Å². The molecule has 0 fully saturated rings. The van der Waals surface area contributed by atoms with Gasteiger partial charge in [-0.05, 0) is 36.4 Å². The van der Waals surface area contributed by atoms with Crippen molar-refractivity contribution in [2.75, 3.05) is 18.5 Å². The van der Waals surface area contributed by atoms with Crippen LogP contribution >= 0.6 is 0 Å². The molecule has 0 atom stereocenters. The van der Waals surface area contributed by atoms with Gasteiger partial charge in [-0.15, -0.1) is 13.2 Å². The third-order valence-corrected chi connectivity index (χ3v) is 3.18. The maximum Gasteiger partial charge on any atom is 0.573 e. The normalized spacial score (nSPS) is 10.7. The molecule has 0 spiro atoms. The second kappa shape index (κ2) is 9.44. The average Bonchev–Trinajstić information content (AvgIpc) is 2.65. The molecule has 0 aliphatic carbocycles. The summed E-state index contributed by atoms with van der Waals surface area (Å²) in [5.74, 6) is -2.74. The lowest BCUT2D eigenvalue weighted by atomic mass is 10.2. The summed E-state index contributed by atoms with van der Waals surface area (Å²) in [6.07, 6.45) is -4.82. The highest BCUT2D eigenvalue weighted by Crippen LogP contribution is 2.24. The number of amides is 2. The van der Waals surface area contributed by atoms with Crippen LogP contribution in [0.15, 0.2) is 48.5 Å². The van der Waals surface area contributed by atoms with Crippen molar-refractivity contribution in [3.63, 3.8) is 0 Å². The number of carbonyl (C=O) groups is 3. The standard InChI is InChI=1S/C18H15F3N2O6/c19-18(20,21)29-12-7-5-11(6-8-12)23-16(25)10-28-17(26)13-3-1-2-4-14(13)27-9-15(22)24/h1-8H,9-10H2,(H2,22,24)(H,23,25). The van der Waals surface area contributed by atoms with Crippen molar-refractivity contribution in [3.05, 3.63) is 54.1 Å². The summed E-state index contributed by atoms with van der Waals surface area (Å²) >= 11 is 0. The summed E-state index contributed by atoms with van der Waals surface area (Å²) in [6.45, 7) is -1.11. The van der Waals surface area contributed by atoms with Crippen LogP contribution in [0.4, 0.5) is 18.9 Å². The molecule has 0 unspecified atom stereocenters. The third-order valence-electron chi connectivity index (χ3n) is 3.18. The molecule has 8 nitrogen and oxygen atoms in total. The molecular weight excluding hydrogens is 397 g/mol. The summed E-state index contributed by atoms with van der Waals surface area (Å²) < 4.78 is 50.0. The first kappa shape index (κ1) is 21.5. The molecule has 2 aromatic carbocycles. The summed E-state index contributed by atoms with van der Waals surface area (Å²) in [6, 6.07) is 10.3. The smallest absolute Gasteiger partial charge is 0.483 e. The molecule has 0 aliphatic heterocycles. The van der Waals surface area contributed by atoms with Crippen LogP contribution < -0.4 is 20.5 Å². The van der Waals surface area contributed by atoms with Gasteiger partial charge in [0.05, 0.1) is 0 Å². The minimum absolute atomic E-state index is 0.0183. The summed E-state index contributed by atoms with van der Waals surface area (Å²) in [5.41, 5.74) is 5.13. The van der Waals surface area contributed by atoms with Crippen molar-refractivity contribution >= 4 is 23.5 Å². The molecule has 29 heavy (non-hydrogen) atoms. The van der Waals surface area contributed by atoms with Gasteiger partial charge >= 0.3 is 12.3 Å². The van der Waals surface area contributed by atoms with Gasteiger partial charge in [-0.3, -0.25) is 9.59 Å². The highest BCUT2D eigenvalue weighted by atomic mass is 19.4. The Morgan fingerprint density at radius 2 is 1.62 bits per heavy atom. The summed E-state index contributed by atoms with van der Waals surface area (Å²) in [7, 11) is 0. The highest BCUT2D eigenvalue weighted by Gasteiger charge is 2.31. The Kier molecular flexibility index (Phi) is 7.01. The number of halogens is 3. The van der Waals surface area contributed by atoms with E-state index in [1.807, 2.05) is 0 Å². The molecule has 2 rings (SSSR count). The van der Waals surface area contributed by atoms with E-state index in [4.69, 9.17) is 15.2 Å². The first-order valence-corrected chi connectivity index (χ1v) is 7.97. The van der Waals surface area contributed by atoms with Crippen LogP contribution in [0.25, 0.3) is 0 Å². The van der Waals surface area contributed by atoms with E-state index in [0.717, 1.165) is 12.1 Å². The number of carbonyl (C=O) groups excluding carboxylic acids is 3. The van der Waals surface area contributed by atoms with Crippen LogP contribution in [-0.2, 0) is 14.3 Å². The monoisotopic (exact) mass is 412 g/mol. The van der Waals surface area contributed by atoms with E-state index in [1.165, 1.54) is 30.3 Å². The minimum Gasteiger partial charge on any atom is -0.483 e. The van der Waals surface area contributed by atoms with Gasteiger partial charge in [0.1, 0.15) is 17.1 Å². The lowest BCUT2D eigenvalue weighted by molar-refractivity contribution is -0.274. The van der Waals surface area contributed by atoms with Crippen molar-refractivity contribution in [1.29, 1.82) is 0 Å². The Morgan fingerprint density at radius 3 is 2.24 bits per heavy atom. The SMILES string of the molecule is NC(=O)COc1ccccc1C(=O)OCC(=O)Nc1ccc(OC(F)(F)F)cc1. The number of ether oxygens (including phenoxy) is 3. The quantitative estimate of drug-likeness (QED) is 0.643. The molecule has 154 valence electrons. The van der Waals surface area contributed by atoms with Crippen molar-refractivity contribution < 1.29 is 41.8 Å².